The molecule has 1 N–H and O–H groups in total. The number of rotatable bonds is 4. The summed E-state index contributed by atoms with van der Waals surface area (Å²) in [4.78, 5) is 14.1. The fourth-order valence-electron chi connectivity index (χ4n) is 3.13. The first-order valence-electron chi connectivity index (χ1n) is 8.87. The van der Waals surface area contributed by atoms with Crippen LogP contribution in [-0.4, -0.2) is 48.4 Å². The van der Waals surface area contributed by atoms with Gasteiger partial charge in [0, 0.05) is 25.7 Å². The number of likely N-dealkylation sites (tertiary alicyclic amines) is 1. The van der Waals surface area contributed by atoms with Crippen LogP contribution in [-0.2, 0) is 9.47 Å². The van der Waals surface area contributed by atoms with Gasteiger partial charge in [0.05, 0.1) is 6.26 Å². The summed E-state index contributed by atoms with van der Waals surface area (Å²) in [5.41, 5.74) is -0.431. The van der Waals surface area contributed by atoms with Crippen LogP contribution in [0.15, 0.2) is 12.3 Å². The highest BCUT2D eigenvalue weighted by molar-refractivity contribution is 5.68. The van der Waals surface area contributed by atoms with Gasteiger partial charge >= 0.3 is 6.09 Å². The molecule has 1 fully saturated rings. The first kappa shape index (κ1) is 18.1. The Balaban J connectivity index is 1.77. The molecule has 2 aliphatic rings. The average molecular weight is 324 g/mol. The largest absolute Gasteiger partial charge is 0.497 e. The predicted octanol–water partition coefficient (Wildman–Crippen LogP) is 3.30. The second-order valence-electron chi connectivity index (χ2n) is 7.73. The highest BCUT2D eigenvalue weighted by Gasteiger charge is 2.30. The molecule has 23 heavy (non-hydrogen) atoms. The lowest BCUT2D eigenvalue weighted by molar-refractivity contribution is 0.0144. The average Bonchev–Trinajstić information content (AvgIpc) is 2.52. The molecule has 0 spiro atoms. The van der Waals surface area contributed by atoms with Gasteiger partial charge in [-0.2, -0.15) is 0 Å². The summed E-state index contributed by atoms with van der Waals surface area (Å²) in [5, 5.41) is 3.59. The molecule has 0 bridgehead atoms. The summed E-state index contributed by atoms with van der Waals surface area (Å²) in [6.07, 6.45) is 8.33. The van der Waals surface area contributed by atoms with Gasteiger partial charge in [0.15, 0.2) is 0 Å². The summed E-state index contributed by atoms with van der Waals surface area (Å²) >= 11 is 0. The van der Waals surface area contributed by atoms with Gasteiger partial charge < -0.3 is 19.7 Å². The molecule has 2 aliphatic heterocycles. The number of nitrogens with zero attached hydrogens (tertiary/aromatic N) is 1. The van der Waals surface area contributed by atoms with Gasteiger partial charge in [0.1, 0.15) is 11.7 Å². The summed E-state index contributed by atoms with van der Waals surface area (Å²) in [6, 6.07) is 0.370. The van der Waals surface area contributed by atoms with E-state index in [1.807, 2.05) is 31.9 Å². The minimum absolute atomic E-state index is 0.185. The van der Waals surface area contributed by atoms with Gasteiger partial charge in [-0.25, -0.2) is 4.79 Å². The van der Waals surface area contributed by atoms with Crippen molar-refractivity contribution in [2.75, 3.05) is 19.6 Å². The van der Waals surface area contributed by atoms with Crippen LogP contribution in [0.2, 0.25) is 0 Å². The quantitative estimate of drug-likeness (QED) is 0.862. The number of nitrogens with one attached hydrogen (secondary N) is 1. The third kappa shape index (κ3) is 6.05. The molecule has 0 aromatic heterocycles. The van der Waals surface area contributed by atoms with Gasteiger partial charge in [-0.15, -0.1) is 0 Å². The Morgan fingerprint density at radius 1 is 1.43 bits per heavy atom. The molecule has 3 atom stereocenters. The van der Waals surface area contributed by atoms with Crippen LogP contribution in [0.1, 0.15) is 53.4 Å². The van der Waals surface area contributed by atoms with E-state index in [2.05, 4.69) is 18.3 Å². The lowest BCUT2D eigenvalue weighted by Gasteiger charge is -2.37. The second-order valence-corrected chi connectivity index (χ2v) is 7.73. The van der Waals surface area contributed by atoms with Crippen LogP contribution < -0.4 is 5.32 Å². The summed E-state index contributed by atoms with van der Waals surface area (Å²) in [7, 11) is 0. The summed E-state index contributed by atoms with van der Waals surface area (Å²) < 4.78 is 11.1. The maximum Gasteiger partial charge on any atom is 0.410 e. The van der Waals surface area contributed by atoms with E-state index in [1.54, 1.807) is 0 Å². The lowest BCUT2D eigenvalue weighted by Crippen LogP contribution is -2.49. The van der Waals surface area contributed by atoms with E-state index in [0.29, 0.717) is 12.0 Å². The Bertz CT molecular complexity index is 417. The molecular formula is C18H32N2O3. The van der Waals surface area contributed by atoms with E-state index < -0.39 is 5.60 Å². The van der Waals surface area contributed by atoms with Gasteiger partial charge in [0.2, 0.25) is 0 Å². The number of ether oxygens (including phenoxy) is 2. The Morgan fingerprint density at radius 3 is 2.87 bits per heavy atom. The van der Waals surface area contributed by atoms with Crippen LogP contribution in [0.25, 0.3) is 0 Å². The van der Waals surface area contributed by atoms with Crippen molar-refractivity contribution in [2.24, 2.45) is 5.92 Å². The third-order valence-electron chi connectivity index (χ3n) is 4.51. The molecule has 3 unspecified atom stereocenters. The van der Waals surface area contributed by atoms with Crippen molar-refractivity contribution in [2.45, 2.75) is 71.1 Å². The van der Waals surface area contributed by atoms with Gasteiger partial charge in [-0.05, 0) is 65.4 Å². The van der Waals surface area contributed by atoms with Crippen molar-refractivity contribution < 1.29 is 14.3 Å². The fourth-order valence-corrected chi connectivity index (χ4v) is 3.13. The zero-order valence-electron chi connectivity index (χ0n) is 15.0. The van der Waals surface area contributed by atoms with Crippen molar-refractivity contribution in [1.29, 1.82) is 0 Å². The minimum atomic E-state index is -0.431. The monoisotopic (exact) mass is 324 g/mol. The van der Waals surface area contributed by atoms with Crippen molar-refractivity contribution in [3.8, 4) is 0 Å². The zero-order chi connectivity index (χ0) is 16.9. The molecule has 5 heteroatoms. The van der Waals surface area contributed by atoms with E-state index in [-0.39, 0.29) is 12.2 Å². The van der Waals surface area contributed by atoms with E-state index in [0.717, 1.165) is 45.3 Å². The van der Waals surface area contributed by atoms with Gasteiger partial charge in [-0.1, -0.05) is 0 Å². The van der Waals surface area contributed by atoms with E-state index in [1.165, 1.54) is 0 Å². The molecule has 0 aromatic carbocycles. The SMILES string of the molecule is CC(NCC1CCC=CO1)C1CCCN(C(=O)OC(C)(C)C)C1. The van der Waals surface area contributed by atoms with E-state index in [4.69, 9.17) is 9.47 Å². The van der Waals surface area contributed by atoms with Crippen LogP contribution >= 0.6 is 0 Å². The standard InChI is InChI=1S/C18H32N2O3/c1-14(19-12-16-9-5-6-11-22-16)15-8-7-10-20(13-15)17(21)23-18(2,3)4/h6,11,14-16,19H,5,7-10,12-13H2,1-4H3. The number of hydrogen-bond donors (Lipinski definition) is 1. The molecular weight excluding hydrogens is 292 g/mol. The first-order valence-corrected chi connectivity index (χ1v) is 8.87. The van der Waals surface area contributed by atoms with Crippen LogP contribution in [0.3, 0.4) is 0 Å². The summed E-state index contributed by atoms with van der Waals surface area (Å²) in [5.74, 6) is 0.468. The lowest BCUT2D eigenvalue weighted by atomic mass is 9.91. The predicted molar refractivity (Wildman–Crippen MR) is 91.2 cm³/mol. The number of carbonyl (C=O) groups is 1. The molecule has 0 aliphatic carbocycles. The van der Waals surface area contributed by atoms with E-state index in [9.17, 15) is 4.79 Å². The Kier molecular flexibility index (Phi) is 6.33. The third-order valence-corrected chi connectivity index (χ3v) is 4.51. The fraction of sp³-hybridized carbons (Fsp3) is 0.833. The van der Waals surface area contributed by atoms with Gasteiger partial charge in [0.25, 0.3) is 0 Å². The number of carbonyl (C=O) groups excluding carboxylic acids is 1. The Morgan fingerprint density at radius 2 is 2.22 bits per heavy atom. The van der Waals surface area contributed by atoms with Crippen molar-refractivity contribution in [3.63, 3.8) is 0 Å². The number of hydrogen-bond acceptors (Lipinski definition) is 4. The van der Waals surface area contributed by atoms with Crippen LogP contribution in [0.5, 0.6) is 0 Å². The first-order chi connectivity index (χ1) is 10.8. The Hall–Kier alpha value is -1.23. The topological polar surface area (TPSA) is 50.8 Å². The van der Waals surface area contributed by atoms with Crippen LogP contribution in [0, 0.1) is 5.92 Å². The van der Waals surface area contributed by atoms with Gasteiger partial charge in [-0.3, -0.25) is 0 Å². The van der Waals surface area contributed by atoms with Crippen molar-refractivity contribution in [3.05, 3.63) is 12.3 Å². The number of amides is 1. The van der Waals surface area contributed by atoms with Crippen molar-refractivity contribution >= 4 is 6.09 Å². The molecule has 2 heterocycles. The maximum absolute atomic E-state index is 12.2. The van der Waals surface area contributed by atoms with Crippen LogP contribution in [0.4, 0.5) is 4.79 Å². The molecule has 1 amide bonds. The smallest absolute Gasteiger partial charge is 0.410 e. The molecule has 132 valence electrons. The minimum Gasteiger partial charge on any atom is -0.497 e. The highest BCUT2D eigenvalue weighted by atomic mass is 16.6. The van der Waals surface area contributed by atoms with E-state index >= 15 is 0 Å². The normalized spacial score (nSPS) is 26.5. The molecule has 0 aromatic rings. The molecule has 0 radical (unpaired) electrons. The second kappa shape index (κ2) is 8.04. The summed E-state index contributed by atoms with van der Waals surface area (Å²) in [6.45, 7) is 10.4. The number of piperidine rings is 1. The zero-order valence-corrected chi connectivity index (χ0v) is 15.0. The maximum atomic E-state index is 12.2. The Labute approximate surface area is 140 Å². The highest BCUT2D eigenvalue weighted by Crippen LogP contribution is 2.22. The molecule has 1 saturated heterocycles. The molecule has 5 nitrogen and oxygen atoms in total. The molecule has 0 saturated carbocycles. The number of allylic oxidation sites excluding steroid dienone is 1. The van der Waals surface area contributed by atoms with Crippen molar-refractivity contribution in [1.82, 2.24) is 10.2 Å². The molecule has 2 rings (SSSR count).